The van der Waals surface area contributed by atoms with Crippen molar-refractivity contribution in [1.82, 2.24) is 9.80 Å². The highest BCUT2D eigenvalue weighted by Crippen LogP contribution is 2.39. The molecule has 2 unspecified atom stereocenters. The molecule has 0 spiro atoms. The van der Waals surface area contributed by atoms with Crippen molar-refractivity contribution in [2.45, 2.75) is 58.4 Å². The first-order valence-corrected chi connectivity index (χ1v) is 13.1. The van der Waals surface area contributed by atoms with E-state index in [1.165, 1.54) is 5.56 Å². The summed E-state index contributed by atoms with van der Waals surface area (Å²) in [4.78, 5) is 31.5. The fraction of sp³-hybridized carbons (Fsp3) is 0.517. The van der Waals surface area contributed by atoms with Gasteiger partial charge < -0.3 is 19.3 Å². The Kier molecular flexibility index (Phi) is 8.52. The fourth-order valence-electron chi connectivity index (χ4n) is 5.16. The van der Waals surface area contributed by atoms with Crippen molar-refractivity contribution in [3.8, 4) is 11.5 Å². The molecule has 0 N–H and O–H groups in total. The van der Waals surface area contributed by atoms with Gasteiger partial charge in [-0.15, -0.1) is 0 Å². The van der Waals surface area contributed by atoms with E-state index in [0.717, 1.165) is 61.5 Å². The molecule has 2 aliphatic rings. The first kappa shape index (κ1) is 26.0. The van der Waals surface area contributed by atoms with E-state index in [9.17, 15) is 9.59 Å². The summed E-state index contributed by atoms with van der Waals surface area (Å²) in [5, 5.41) is 0. The molecule has 2 aliphatic heterocycles. The second-order valence-corrected chi connectivity index (χ2v) is 10.1. The van der Waals surface area contributed by atoms with Gasteiger partial charge in [-0.05, 0) is 67.5 Å². The highest BCUT2D eigenvalue weighted by atomic mass is 16.7. The van der Waals surface area contributed by atoms with Crippen LogP contribution in [-0.4, -0.2) is 67.7 Å². The largest absolute Gasteiger partial charge is 0.454 e. The van der Waals surface area contributed by atoms with Crippen LogP contribution in [0.4, 0.5) is 5.69 Å². The van der Waals surface area contributed by atoms with Gasteiger partial charge in [-0.2, -0.15) is 0 Å². The first-order chi connectivity index (χ1) is 17.4. The molecule has 36 heavy (non-hydrogen) atoms. The zero-order chi connectivity index (χ0) is 25.7. The van der Waals surface area contributed by atoms with Gasteiger partial charge in [0.15, 0.2) is 11.5 Å². The summed E-state index contributed by atoms with van der Waals surface area (Å²) in [7, 11) is 1.84. The average Bonchev–Trinajstić information content (AvgIpc) is 3.49. The molecule has 0 aliphatic carbocycles. The summed E-state index contributed by atoms with van der Waals surface area (Å²) in [6, 6.07) is 14.6. The van der Waals surface area contributed by atoms with E-state index in [1.54, 1.807) is 11.8 Å². The predicted molar refractivity (Wildman–Crippen MR) is 142 cm³/mol. The number of anilines is 1. The van der Waals surface area contributed by atoms with Crippen molar-refractivity contribution in [2.75, 3.05) is 44.9 Å². The van der Waals surface area contributed by atoms with Crippen molar-refractivity contribution in [1.29, 1.82) is 0 Å². The lowest BCUT2D eigenvalue weighted by Gasteiger charge is -2.29. The molecule has 2 aromatic rings. The third-order valence-electron chi connectivity index (χ3n) is 7.42. The van der Waals surface area contributed by atoms with Crippen LogP contribution in [0.15, 0.2) is 42.5 Å². The lowest BCUT2D eigenvalue weighted by molar-refractivity contribution is -0.128. The van der Waals surface area contributed by atoms with Crippen molar-refractivity contribution < 1.29 is 19.1 Å². The van der Waals surface area contributed by atoms with Gasteiger partial charge in [0.25, 0.3) is 0 Å². The molecular weight excluding hydrogens is 454 g/mol. The van der Waals surface area contributed by atoms with Crippen LogP contribution in [-0.2, 0) is 9.59 Å². The number of nitrogens with zero attached hydrogens (tertiary/aromatic N) is 3. The lowest BCUT2D eigenvalue weighted by atomic mass is 9.95. The van der Waals surface area contributed by atoms with Gasteiger partial charge in [0.05, 0.1) is 6.54 Å². The van der Waals surface area contributed by atoms with E-state index in [1.807, 2.05) is 30.1 Å². The monoisotopic (exact) mass is 493 g/mol. The summed E-state index contributed by atoms with van der Waals surface area (Å²) in [5.41, 5.74) is 3.32. The Morgan fingerprint density at radius 3 is 2.64 bits per heavy atom. The van der Waals surface area contributed by atoms with E-state index >= 15 is 0 Å². The fourth-order valence-corrected chi connectivity index (χ4v) is 5.16. The molecule has 2 amide bonds. The van der Waals surface area contributed by atoms with Crippen LogP contribution in [0.5, 0.6) is 11.5 Å². The number of rotatable bonds is 10. The molecule has 7 heteroatoms. The SMILES string of the molecule is CCCCN(C(=O)CN1CC(c2ccc3c(c2)OCO3)CC1CCN(C)C(C)=O)c1cccc(C)c1. The van der Waals surface area contributed by atoms with Gasteiger partial charge in [-0.1, -0.05) is 31.5 Å². The number of carbonyl (C=O) groups excluding carboxylic acids is 2. The number of hydrogen-bond acceptors (Lipinski definition) is 5. The molecule has 1 saturated heterocycles. The highest BCUT2D eigenvalue weighted by molar-refractivity contribution is 5.95. The Hall–Kier alpha value is -3.06. The minimum absolute atomic E-state index is 0.0631. The van der Waals surface area contributed by atoms with Crippen molar-refractivity contribution >= 4 is 17.5 Å². The number of amides is 2. The molecule has 0 bridgehead atoms. The van der Waals surface area contributed by atoms with Gasteiger partial charge in [0.2, 0.25) is 18.6 Å². The number of fused-ring (bicyclic) bond motifs is 1. The topological polar surface area (TPSA) is 62.3 Å². The Balaban J connectivity index is 1.52. The smallest absolute Gasteiger partial charge is 0.241 e. The molecular formula is C29H39N3O4. The minimum atomic E-state index is 0.0631. The quantitative estimate of drug-likeness (QED) is 0.485. The highest BCUT2D eigenvalue weighted by Gasteiger charge is 2.35. The minimum Gasteiger partial charge on any atom is -0.454 e. The molecule has 2 heterocycles. The van der Waals surface area contributed by atoms with E-state index in [2.05, 4.69) is 43.0 Å². The van der Waals surface area contributed by atoms with Crippen molar-refractivity contribution in [2.24, 2.45) is 0 Å². The number of aryl methyl sites for hydroxylation is 1. The van der Waals surface area contributed by atoms with Crippen LogP contribution in [0, 0.1) is 6.92 Å². The zero-order valence-corrected chi connectivity index (χ0v) is 22.0. The second kappa shape index (κ2) is 11.8. The third kappa shape index (κ3) is 6.19. The number of ether oxygens (including phenoxy) is 2. The lowest BCUT2D eigenvalue weighted by Crippen LogP contribution is -2.43. The number of unbranched alkanes of at least 4 members (excludes halogenated alkanes) is 1. The molecule has 7 nitrogen and oxygen atoms in total. The summed E-state index contributed by atoms with van der Waals surface area (Å²) in [6.45, 7) is 8.63. The van der Waals surface area contributed by atoms with Gasteiger partial charge in [-0.3, -0.25) is 14.5 Å². The second-order valence-electron chi connectivity index (χ2n) is 10.1. The molecule has 1 fully saturated rings. The maximum Gasteiger partial charge on any atom is 0.241 e. The van der Waals surface area contributed by atoms with Crippen LogP contribution in [0.2, 0.25) is 0 Å². The van der Waals surface area contributed by atoms with Crippen LogP contribution >= 0.6 is 0 Å². The first-order valence-electron chi connectivity index (χ1n) is 13.1. The Morgan fingerprint density at radius 1 is 1.08 bits per heavy atom. The Bertz CT molecular complexity index is 1070. The summed E-state index contributed by atoms with van der Waals surface area (Å²) >= 11 is 0. The predicted octanol–water partition coefficient (Wildman–Crippen LogP) is 4.58. The maximum absolute atomic E-state index is 13.7. The van der Waals surface area contributed by atoms with Gasteiger partial charge in [0.1, 0.15) is 0 Å². The van der Waals surface area contributed by atoms with E-state index in [-0.39, 0.29) is 24.6 Å². The standard InChI is InChI=1S/C29H39N3O4/c1-5-6-13-32(26-9-7-8-21(2)15-26)29(34)19-31-18-24(16-25(31)12-14-30(4)22(3)33)23-10-11-27-28(17-23)36-20-35-27/h7-11,15,17,24-25H,5-6,12-14,16,18-20H2,1-4H3. The third-order valence-corrected chi connectivity index (χ3v) is 7.42. The van der Waals surface area contributed by atoms with E-state index < -0.39 is 0 Å². The zero-order valence-electron chi connectivity index (χ0n) is 22.0. The molecule has 0 aromatic heterocycles. The Morgan fingerprint density at radius 2 is 1.89 bits per heavy atom. The maximum atomic E-state index is 13.7. The Labute approximate surface area is 215 Å². The van der Waals surface area contributed by atoms with Crippen LogP contribution in [0.1, 0.15) is 56.6 Å². The number of hydrogen-bond donors (Lipinski definition) is 0. The van der Waals surface area contributed by atoms with E-state index in [0.29, 0.717) is 19.0 Å². The molecule has 0 saturated carbocycles. The number of benzene rings is 2. The molecule has 194 valence electrons. The van der Waals surface area contributed by atoms with Crippen LogP contribution in [0.25, 0.3) is 0 Å². The van der Waals surface area contributed by atoms with Gasteiger partial charge in [-0.25, -0.2) is 0 Å². The van der Waals surface area contributed by atoms with E-state index in [4.69, 9.17) is 9.47 Å². The van der Waals surface area contributed by atoms with Gasteiger partial charge >= 0.3 is 0 Å². The molecule has 0 radical (unpaired) electrons. The summed E-state index contributed by atoms with van der Waals surface area (Å²) in [5.74, 6) is 2.06. The average molecular weight is 494 g/mol. The molecule has 4 rings (SSSR count). The number of likely N-dealkylation sites (tertiary alicyclic amines) is 1. The normalized spacial score (nSPS) is 18.9. The van der Waals surface area contributed by atoms with Crippen LogP contribution in [0.3, 0.4) is 0 Å². The van der Waals surface area contributed by atoms with Gasteiger partial charge in [0, 0.05) is 45.3 Å². The summed E-state index contributed by atoms with van der Waals surface area (Å²) < 4.78 is 11.1. The van der Waals surface area contributed by atoms with Crippen LogP contribution < -0.4 is 14.4 Å². The van der Waals surface area contributed by atoms with Crippen molar-refractivity contribution in [3.05, 3.63) is 53.6 Å². The number of carbonyl (C=O) groups is 2. The van der Waals surface area contributed by atoms with Crippen molar-refractivity contribution in [3.63, 3.8) is 0 Å². The summed E-state index contributed by atoms with van der Waals surface area (Å²) in [6.07, 6.45) is 3.78. The molecule has 2 aromatic carbocycles. The molecule has 2 atom stereocenters.